The van der Waals surface area contributed by atoms with Crippen LogP contribution in [0.3, 0.4) is 0 Å². The SMILES string of the molecule is CC1(CNC(=O)c2ccc(N)nn2)CCCCC1. The van der Waals surface area contributed by atoms with Crippen molar-refractivity contribution < 1.29 is 4.79 Å². The summed E-state index contributed by atoms with van der Waals surface area (Å²) in [6.07, 6.45) is 6.19. The van der Waals surface area contributed by atoms with Crippen molar-refractivity contribution in [3.63, 3.8) is 0 Å². The van der Waals surface area contributed by atoms with E-state index in [4.69, 9.17) is 5.73 Å². The Morgan fingerprint density at radius 3 is 2.67 bits per heavy atom. The molecule has 1 aliphatic rings. The summed E-state index contributed by atoms with van der Waals surface area (Å²) in [7, 11) is 0. The van der Waals surface area contributed by atoms with E-state index in [9.17, 15) is 4.79 Å². The molecule has 1 aliphatic carbocycles. The molecule has 0 unspecified atom stereocenters. The average Bonchev–Trinajstić information content (AvgIpc) is 2.38. The fraction of sp³-hybridized carbons (Fsp3) is 0.615. The van der Waals surface area contributed by atoms with Crippen LogP contribution in [0.2, 0.25) is 0 Å². The van der Waals surface area contributed by atoms with Gasteiger partial charge in [-0.2, -0.15) is 0 Å². The Bertz CT molecular complexity index is 410. The Hall–Kier alpha value is -1.65. The lowest BCUT2D eigenvalue weighted by Gasteiger charge is -2.33. The quantitative estimate of drug-likeness (QED) is 0.854. The van der Waals surface area contributed by atoms with Gasteiger partial charge in [0, 0.05) is 6.54 Å². The van der Waals surface area contributed by atoms with Gasteiger partial charge < -0.3 is 11.1 Å². The molecule has 3 N–H and O–H groups in total. The van der Waals surface area contributed by atoms with E-state index < -0.39 is 0 Å². The summed E-state index contributed by atoms with van der Waals surface area (Å²) in [5, 5.41) is 10.4. The van der Waals surface area contributed by atoms with E-state index in [-0.39, 0.29) is 11.3 Å². The maximum Gasteiger partial charge on any atom is 0.271 e. The molecule has 1 amide bonds. The van der Waals surface area contributed by atoms with Gasteiger partial charge in [-0.15, -0.1) is 10.2 Å². The number of aromatic nitrogens is 2. The van der Waals surface area contributed by atoms with E-state index >= 15 is 0 Å². The van der Waals surface area contributed by atoms with E-state index in [0.717, 1.165) is 0 Å². The van der Waals surface area contributed by atoms with Crippen LogP contribution in [0.5, 0.6) is 0 Å². The van der Waals surface area contributed by atoms with Crippen molar-refractivity contribution >= 4 is 11.7 Å². The minimum atomic E-state index is -0.172. The maximum atomic E-state index is 11.9. The van der Waals surface area contributed by atoms with E-state index in [1.54, 1.807) is 12.1 Å². The Balaban J connectivity index is 1.89. The van der Waals surface area contributed by atoms with Crippen molar-refractivity contribution in [1.82, 2.24) is 15.5 Å². The van der Waals surface area contributed by atoms with Crippen molar-refractivity contribution in [2.45, 2.75) is 39.0 Å². The number of carbonyl (C=O) groups is 1. The van der Waals surface area contributed by atoms with Gasteiger partial charge in [0.25, 0.3) is 5.91 Å². The molecule has 0 saturated heterocycles. The monoisotopic (exact) mass is 248 g/mol. The summed E-state index contributed by atoms with van der Waals surface area (Å²) in [6, 6.07) is 3.19. The molecule has 1 saturated carbocycles. The van der Waals surface area contributed by atoms with Gasteiger partial charge in [0.2, 0.25) is 0 Å². The van der Waals surface area contributed by atoms with Crippen LogP contribution in [-0.2, 0) is 0 Å². The molecular weight excluding hydrogens is 228 g/mol. The van der Waals surface area contributed by atoms with Gasteiger partial charge >= 0.3 is 0 Å². The standard InChI is InChI=1S/C13H20N4O/c1-13(7-3-2-4-8-13)9-15-12(18)10-5-6-11(14)17-16-10/h5-6H,2-4,7-9H2,1H3,(H2,14,17)(H,15,18). The van der Waals surface area contributed by atoms with Crippen LogP contribution >= 0.6 is 0 Å². The molecule has 5 nitrogen and oxygen atoms in total. The van der Waals surface area contributed by atoms with Gasteiger partial charge in [-0.3, -0.25) is 4.79 Å². The van der Waals surface area contributed by atoms with Gasteiger partial charge in [-0.05, 0) is 30.4 Å². The predicted molar refractivity (Wildman–Crippen MR) is 70.0 cm³/mol. The van der Waals surface area contributed by atoms with Gasteiger partial charge in [-0.25, -0.2) is 0 Å². The molecule has 1 aromatic rings. The third-order valence-electron chi connectivity index (χ3n) is 3.65. The first-order valence-electron chi connectivity index (χ1n) is 6.46. The van der Waals surface area contributed by atoms with Crippen molar-refractivity contribution in [1.29, 1.82) is 0 Å². The molecule has 98 valence electrons. The number of amides is 1. The number of anilines is 1. The van der Waals surface area contributed by atoms with Crippen molar-refractivity contribution in [2.24, 2.45) is 5.41 Å². The van der Waals surface area contributed by atoms with Gasteiger partial charge in [0.05, 0.1) is 0 Å². The largest absolute Gasteiger partial charge is 0.382 e. The summed E-state index contributed by atoms with van der Waals surface area (Å²) >= 11 is 0. The molecule has 5 heteroatoms. The Kier molecular flexibility index (Phi) is 3.79. The van der Waals surface area contributed by atoms with E-state index in [1.165, 1.54) is 32.1 Å². The fourth-order valence-corrected chi connectivity index (χ4v) is 2.43. The highest BCUT2D eigenvalue weighted by Crippen LogP contribution is 2.34. The molecule has 18 heavy (non-hydrogen) atoms. The Labute approximate surface area is 107 Å². The number of nitrogens with zero attached hydrogens (tertiary/aromatic N) is 2. The highest BCUT2D eigenvalue weighted by molar-refractivity contribution is 5.92. The molecule has 2 rings (SSSR count). The van der Waals surface area contributed by atoms with Gasteiger partial charge in [0.1, 0.15) is 5.82 Å². The normalized spacial score (nSPS) is 18.3. The third kappa shape index (κ3) is 3.18. The molecule has 0 aromatic carbocycles. The summed E-state index contributed by atoms with van der Waals surface area (Å²) in [5.74, 6) is 0.153. The minimum absolute atomic E-state index is 0.172. The van der Waals surface area contributed by atoms with Crippen LogP contribution in [-0.4, -0.2) is 22.6 Å². The molecule has 0 spiro atoms. The van der Waals surface area contributed by atoms with Crippen LogP contribution in [0.4, 0.5) is 5.82 Å². The van der Waals surface area contributed by atoms with Crippen molar-refractivity contribution in [3.8, 4) is 0 Å². The number of nitrogens with one attached hydrogen (secondary N) is 1. The number of hydrogen-bond donors (Lipinski definition) is 2. The third-order valence-corrected chi connectivity index (χ3v) is 3.65. The topological polar surface area (TPSA) is 80.9 Å². The summed E-state index contributed by atoms with van der Waals surface area (Å²) in [5.41, 5.74) is 5.99. The van der Waals surface area contributed by atoms with E-state index in [0.29, 0.717) is 18.1 Å². The molecule has 1 fully saturated rings. The predicted octanol–water partition coefficient (Wildman–Crippen LogP) is 1.76. The first kappa shape index (κ1) is 12.8. The molecular formula is C13H20N4O. The molecule has 0 atom stereocenters. The molecule has 1 aromatic heterocycles. The summed E-state index contributed by atoms with van der Waals surface area (Å²) in [6.45, 7) is 2.94. The molecule has 0 bridgehead atoms. The Morgan fingerprint density at radius 2 is 2.06 bits per heavy atom. The zero-order valence-electron chi connectivity index (χ0n) is 10.8. The first-order chi connectivity index (χ1) is 8.59. The molecule has 0 aliphatic heterocycles. The molecule has 1 heterocycles. The molecule has 0 radical (unpaired) electrons. The number of rotatable bonds is 3. The van der Waals surface area contributed by atoms with Crippen molar-refractivity contribution in [3.05, 3.63) is 17.8 Å². The average molecular weight is 248 g/mol. The smallest absolute Gasteiger partial charge is 0.271 e. The zero-order valence-corrected chi connectivity index (χ0v) is 10.8. The van der Waals surface area contributed by atoms with E-state index in [2.05, 4.69) is 22.4 Å². The fourth-order valence-electron chi connectivity index (χ4n) is 2.43. The van der Waals surface area contributed by atoms with Crippen LogP contribution in [0.15, 0.2) is 12.1 Å². The Morgan fingerprint density at radius 1 is 1.33 bits per heavy atom. The number of hydrogen-bond acceptors (Lipinski definition) is 4. The van der Waals surface area contributed by atoms with Crippen LogP contribution in [0, 0.1) is 5.41 Å². The second-order valence-corrected chi connectivity index (χ2v) is 5.40. The summed E-state index contributed by atoms with van der Waals surface area (Å²) in [4.78, 5) is 11.9. The lowest BCUT2D eigenvalue weighted by Crippen LogP contribution is -2.37. The summed E-state index contributed by atoms with van der Waals surface area (Å²) < 4.78 is 0. The lowest BCUT2D eigenvalue weighted by atomic mass is 9.76. The second kappa shape index (κ2) is 5.33. The maximum absolute atomic E-state index is 11.9. The minimum Gasteiger partial charge on any atom is -0.382 e. The van der Waals surface area contributed by atoms with Crippen LogP contribution < -0.4 is 11.1 Å². The van der Waals surface area contributed by atoms with Crippen LogP contribution in [0.1, 0.15) is 49.5 Å². The van der Waals surface area contributed by atoms with E-state index in [1.807, 2.05) is 0 Å². The van der Waals surface area contributed by atoms with Gasteiger partial charge in [-0.1, -0.05) is 26.2 Å². The highest BCUT2D eigenvalue weighted by Gasteiger charge is 2.27. The van der Waals surface area contributed by atoms with Gasteiger partial charge in [0.15, 0.2) is 5.69 Å². The highest BCUT2D eigenvalue weighted by atomic mass is 16.1. The first-order valence-corrected chi connectivity index (χ1v) is 6.46. The van der Waals surface area contributed by atoms with Crippen molar-refractivity contribution in [2.75, 3.05) is 12.3 Å². The number of carbonyl (C=O) groups excluding carboxylic acids is 1. The second-order valence-electron chi connectivity index (χ2n) is 5.40. The lowest BCUT2D eigenvalue weighted by molar-refractivity contribution is 0.0913. The zero-order chi connectivity index (χ0) is 13.0. The number of nitrogen functional groups attached to an aromatic ring is 1. The number of nitrogens with two attached hydrogens (primary N) is 1. The van der Waals surface area contributed by atoms with Crippen LogP contribution in [0.25, 0.3) is 0 Å².